The van der Waals surface area contributed by atoms with Crippen molar-refractivity contribution in [1.82, 2.24) is 24.3 Å². The van der Waals surface area contributed by atoms with Crippen LogP contribution in [0.1, 0.15) is 47.1 Å². The van der Waals surface area contributed by atoms with Gasteiger partial charge < -0.3 is 9.84 Å². The normalized spacial score (nSPS) is 17.9. The molecule has 10 nitrogen and oxygen atoms in total. The number of ether oxygens (including phenoxy) is 1. The van der Waals surface area contributed by atoms with Crippen molar-refractivity contribution in [3.63, 3.8) is 0 Å². The van der Waals surface area contributed by atoms with Crippen molar-refractivity contribution in [1.29, 1.82) is 0 Å². The van der Waals surface area contributed by atoms with Crippen LogP contribution < -0.4 is 4.74 Å². The molecule has 1 unspecified atom stereocenters. The Kier molecular flexibility index (Phi) is 6.66. The van der Waals surface area contributed by atoms with Crippen molar-refractivity contribution in [3.8, 4) is 5.75 Å². The molecule has 11 heteroatoms. The summed E-state index contributed by atoms with van der Waals surface area (Å²) in [6.45, 7) is 5.92. The highest BCUT2D eigenvalue weighted by molar-refractivity contribution is 7.89. The first-order valence-electron chi connectivity index (χ1n) is 12.3. The van der Waals surface area contributed by atoms with Crippen molar-refractivity contribution in [2.75, 3.05) is 6.54 Å². The minimum Gasteiger partial charge on any atom is -0.486 e. The lowest BCUT2D eigenvalue weighted by molar-refractivity contribution is -0.137. The first kappa shape index (κ1) is 25.8. The number of hydrogen-bond acceptors (Lipinski definition) is 7. The van der Waals surface area contributed by atoms with Gasteiger partial charge in [0, 0.05) is 25.7 Å². The van der Waals surface area contributed by atoms with Crippen LogP contribution in [0, 0.1) is 13.8 Å². The van der Waals surface area contributed by atoms with Gasteiger partial charge in [-0.3, -0.25) is 4.79 Å². The second kappa shape index (κ2) is 9.80. The molecule has 0 aliphatic carbocycles. The predicted octanol–water partition coefficient (Wildman–Crippen LogP) is 3.56. The van der Waals surface area contributed by atoms with Crippen molar-refractivity contribution in [2.45, 2.75) is 50.8 Å². The average molecular weight is 536 g/mol. The van der Waals surface area contributed by atoms with E-state index in [4.69, 9.17) is 4.74 Å². The van der Waals surface area contributed by atoms with Gasteiger partial charge in [-0.2, -0.15) is 4.31 Å². The molecular weight excluding hydrogens is 506 g/mol. The molecule has 0 bridgehead atoms. The van der Waals surface area contributed by atoms with Gasteiger partial charge >= 0.3 is 5.97 Å². The van der Waals surface area contributed by atoms with Gasteiger partial charge in [0.15, 0.2) is 5.75 Å². The highest BCUT2D eigenvalue weighted by Crippen LogP contribution is 2.35. The highest BCUT2D eigenvalue weighted by Gasteiger charge is 2.35. The maximum Gasteiger partial charge on any atom is 0.304 e. The Morgan fingerprint density at radius 1 is 1.21 bits per heavy atom. The summed E-state index contributed by atoms with van der Waals surface area (Å²) in [6, 6.07) is 12.8. The summed E-state index contributed by atoms with van der Waals surface area (Å²) in [5.41, 5.74) is 5.77. The first-order valence-corrected chi connectivity index (χ1v) is 13.7. The molecule has 2 aromatic carbocycles. The van der Waals surface area contributed by atoms with E-state index in [1.807, 2.05) is 58.2 Å². The molecule has 4 aromatic rings. The Morgan fingerprint density at radius 2 is 2.00 bits per heavy atom. The molecule has 0 saturated heterocycles. The zero-order valence-corrected chi connectivity index (χ0v) is 22.4. The van der Waals surface area contributed by atoms with Crippen LogP contribution in [-0.2, 0) is 28.4 Å². The SMILES string of the molecule is Cc1ccc(C(CC(=O)O)c2ccc3c(nnn3C)c2C)cc1CN1C[C@@H](C)Oc2cccnc2S1(=O)=O. The van der Waals surface area contributed by atoms with E-state index in [1.54, 1.807) is 16.8 Å². The van der Waals surface area contributed by atoms with E-state index in [-0.39, 0.29) is 36.4 Å². The summed E-state index contributed by atoms with van der Waals surface area (Å²) in [5.74, 6) is -1.15. The number of pyridine rings is 1. The van der Waals surface area contributed by atoms with Crippen molar-refractivity contribution < 1.29 is 23.1 Å². The molecule has 1 N–H and O–H groups in total. The van der Waals surface area contributed by atoms with E-state index in [9.17, 15) is 18.3 Å². The van der Waals surface area contributed by atoms with Gasteiger partial charge in [0.1, 0.15) is 11.6 Å². The van der Waals surface area contributed by atoms with Gasteiger partial charge in [-0.25, -0.2) is 18.1 Å². The summed E-state index contributed by atoms with van der Waals surface area (Å²) < 4.78 is 36.0. The third kappa shape index (κ3) is 4.63. The number of sulfonamides is 1. The summed E-state index contributed by atoms with van der Waals surface area (Å²) in [4.78, 5) is 16.0. The van der Waals surface area contributed by atoms with E-state index < -0.39 is 21.9 Å². The highest BCUT2D eigenvalue weighted by atomic mass is 32.2. The molecule has 38 heavy (non-hydrogen) atoms. The standard InChI is InChI=1S/C27H29N5O5S/c1-16-7-8-19(22(13-25(33)34)21-9-10-23-26(18(21)3)29-30-31(23)4)12-20(16)15-32-14-17(2)37-24-6-5-11-28-27(24)38(32,35)36/h5-12,17,22H,13-15H2,1-4H3,(H,33,34)/t17-,22?/m1/s1. The number of hydrogen-bond donors (Lipinski definition) is 1. The second-order valence-corrected chi connectivity index (χ2v) is 11.6. The molecule has 0 radical (unpaired) electrons. The largest absolute Gasteiger partial charge is 0.486 e. The van der Waals surface area contributed by atoms with Crippen LogP contribution >= 0.6 is 0 Å². The number of aryl methyl sites for hydroxylation is 3. The maximum atomic E-state index is 13.5. The number of aliphatic carboxylic acids is 1. The number of aromatic nitrogens is 4. The summed E-state index contributed by atoms with van der Waals surface area (Å²) in [6.07, 6.45) is 0.936. The van der Waals surface area contributed by atoms with Crippen molar-refractivity contribution >= 4 is 27.0 Å². The van der Waals surface area contributed by atoms with Crippen LogP contribution in [0.4, 0.5) is 0 Å². The van der Waals surface area contributed by atoms with Crippen LogP contribution in [0.5, 0.6) is 5.75 Å². The molecule has 198 valence electrons. The summed E-state index contributed by atoms with van der Waals surface area (Å²) in [7, 11) is -2.10. The number of nitrogens with zero attached hydrogens (tertiary/aromatic N) is 5. The lowest BCUT2D eigenvalue weighted by Crippen LogP contribution is -2.35. The number of carbonyl (C=O) groups is 1. The lowest BCUT2D eigenvalue weighted by atomic mass is 9.84. The molecule has 0 fully saturated rings. The van der Waals surface area contributed by atoms with Gasteiger partial charge in [0.25, 0.3) is 10.0 Å². The minimum atomic E-state index is -3.91. The third-order valence-corrected chi connectivity index (χ3v) is 8.82. The van der Waals surface area contributed by atoms with E-state index >= 15 is 0 Å². The summed E-state index contributed by atoms with van der Waals surface area (Å²) >= 11 is 0. The van der Waals surface area contributed by atoms with Crippen molar-refractivity contribution in [3.05, 3.63) is 76.5 Å². The van der Waals surface area contributed by atoms with Gasteiger partial charge in [0.05, 0.1) is 18.5 Å². The molecule has 1 aliphatic heterocycles. The fourth-order valence-corrected chi connectivity index (χ4v) is 6.57. The number of fused-ring (bicyclic) bond motifs is 2. The monoisotopic (exact) mass is 535 g/mol. The maximum absolute atomic E-state index is 13.5. The van der Waals surface area contributed by atoms with Gasteiger partial charge in [-0.1, -0.05) is 29.5 Å². The van der Waals surface area contributed by atoms with Gasteiger partial charge in [-0.15, -0.1) is 5.10 Å². The average Bonchev–Trinajstić information content (AvgIpc) is 3.21. The molecule has 0 amide bonds. The van der Waals surface area contributed by atoms with Gasteiger partial charge in [-0.05, 0) is 66.8 Å². The van der Waals surface area contributed by atoms with E-state index in [0.717, 1.165) is 38.9 Å². The number of carboxylic acids is 1. The van der Waals surface area contributed by atoms with Crippen molar-refractivity contribution in [2.24, 2.45) is 7.05 Å². The Bertz CT molecular complexity index is 1650. The zero-order chi connectivity index (χ0) is 27.2. The van der Waals surface area contributed by atoms with Gasteiger partial charge in [0.2, 0.25) is 5.03 Å². The first-order chi connectivity index (χ1) is 18.1. The number of rotatable bonds is 6. The van der Waals surface area contributed by atoms with Crippen LogP contribution in [0.2, 0.25) is 0 Å². The topological polar surface area (TPSA) is 128 Å². The van der Waals surface area contributed by atoms with E-state index in [2.05, 4.69) is 15.3 Å². The Morgan fingerprint density at radius 3 is 2.76 bits per heavy atom. The van der Waals surface area contributed by atoms with Crippen LogP contribution in [0.15, 0.2) is 53.7 Å². The lowest BCUT2D eigenvalue weighted by Gasteiger charge is -2.24. The number of carboxylic acid groups (broad SMARTS) is 1. The molecule has 0 spiro atoms. The third-order valence-electron chi connectivity index (χ3n) is 7.06. The van der Waals surface area contributed by atoms with Crippen LogP contribution in [-0.4, -0.2) is 56.4 Å². The fourth-order valence-electron chi connectivity index (χ4n) is 5.05. The molecule has 1 aliphatic rings. The molecule has 2 atom stereocenters. The molecule has 3 heterocycles. The predicted molar refractivity (Wildman–Crippen MR) is 140 cm³/mol. The molecular formula is C27H29N5O5S. The zero-order valence-electron chi connectivity index (χ0n) is 21.6. The smallest absolute Gasteiger partial charge is 0.304 e. The van der Waals surface area contributed by atoms with Crippen LogP contribution in [0.25, 0.3) is 11.0 Å². The molecule has 2 aromatic heterocycles. The fraction of sp³-hybridized carbons (Fsp3) is 0.333. The molecule has 0 saturated carbocycles. The van der Waals surface area contributed by atoms with Crippen LogP contribution in [0.3, 0.4) is 0 Å². The molecule has 5 rings (SSSR count). The quantitative estimate of drug-likeness (QED) is 0.397. The van der Waals surface area contributed by atoms with E-state index in [0.29, 0.717) is 0 Å². The Balaban J connectivity index is 1.56. The number of benzene rings is 2. The Labute approximate surface area is 220 Å². The van der Waals surface area contributed by atoms with E-state index in [1.165, 1.54) is 10.5 Å². The summed E-state index contributed by atoms with van der Waals surface area (Å²) in [5, 5.41) is 18.0. The Hall–Kier alpha value is -3.83. The second-order valence-electron chi connectivity index (χ2n) is 9.73. The minimum absolute atomic E-state index is 0.102.